The number of unbranched alkanes of at least 4 members (excludes halogenated alkanes) is 2. The number of esters is 2. The van der Waals surface area contributed by atoms with E-state index in [-0.39, 0.29) is 28.6 Å². The number of fused-ring (bicyclic) bond motifs is 2. The average molecular weight is 386 g/mol. The summed E-state index contributed by atoms with van der Waals surface area (Å²) in [5.74, 6) is -1.74. The summed E-state index contributed by atoms with van der Waals surface area (Å²) in [6, 6.07) is 1.23. The second-order valence-electron chi connectivity index (χ2n) is 6.72. The number of carbonyl (C=O) groups is 3. The number of allylic oxidation sites excluding steroid dienone is 2. The molecule has 1 aliphatic carbocycles. The molecule has 0 aromatic heterocycles. The van der Waals surface area contributed by atoms with E-state index in [2.05, 4.69) is 0 Å². The van der Waals surface area contributed by atoms with Crippen LogP contribution in [0.3, 0.4) is 0 Å². The third-order valence-corrected chi connectivity index (χ3v) is 5.09. The van der Waals surface area contributed by atoms with Gasteiger partial charge in [-0.25, -0.2) is 9.59 Å². The van der Waals surface area contributed by atoms with E-state index in [1.807, 2.05) is 6.92 Å². The summed E-state index contributed by atoms with van der Waals surface area (Å²) >= 11 is 0. The molecule has 148 valence electrons. The van der Waals surface area contributed by atoms with E-state index in [4.69, 9.17) is 14.2 Å². The van der Waals surface area contributed by atoms with Crippen LogP contribution in [0.15, 0.2) is 30.1 Å². The maximum absolute atomic E-state index is 12.9. The third-order valence-electron chi connectivity index (χ3n) is 5.09. The lowest BCUT2D eigenvalue weighted by atomic mass is 9.73. The van der Waals surface area contributed by atoms with Gasteiger partial charge in [0, 0.05) is 17.7 Å². The number of ketones is 1. The van der Waals surface area contributed by atoms with Gasteiger partial charge in [-0.2, -0.15) is 0 Å². The highest BCUT2D eigenvalue weighted by atomic mass is 16.5. The predicted molar refractivity (Wildman–Crippen MR) is 99.2 cm³/mol. The molecule has 0 bridgehead atoms. The van der Waals surface area contributed by atoms with Crippen molar-refractivity contribution in [3.8, 4) is 11.5 Å². The summed E-state index contributed by atoms with van der Waals surface area (Å²) in [6.07, 6.45) is 6.95. The highest BCUT2D eigenvalue weighted by molar-refractivity contribution is 6.08. The minimum atomic E-state index is -1.48. The second kappa shape index (κ2) is 7.50. The molecule has 1 aliphatic heterocycles. The van der Waals surface area contributed by atoms with Gasteiger partial charge in [0.2, 0.25) is 0 Å². The van der Waals surface area contributed by atoms with Gasteiger partial charge in [0.15, 0.2) is 11.2 Å². The number of hydrogen-bond acceptors (Lipinski definition) is 7. The molecule has 7 nitrogen and oxygen atoms in total. The number of hydrogen-bond donors (Lipinski definition) is 1. The molecule has 0 fully saturated rings. The van der Waals surface area contributed by atoms with Crippen molar-refractivity contribution in [3.63, 3.8) is 0 Å². The maximum atomic E-state index is 12.9. The molecule has 1 spiro atoms. The molecule has 28 heavy (non-hydrogen) atoms. The quantitative estimate of drug-likeness (QED) is 0.456. The Bertz CT molecular complexity index is 910. The summed E-state index contributed by atoms with van der Waals surface area (Å²) in [6.45, 7) is 2.05. The Balaban J connectivity index is 2.31. The van der Waals surface area contributed by atoms with E-state index in [0.717, 1.165) is 19.3 Å². The Morgan fingerprint density at radius 2 is 2.00 bits per heavy atom. The van der Waals surface area contributed by atoms with Crippen LogP contribution < -0.4 is 4.74 Å². The van der Waals surface area contributed by atoms with E-state index < -0.39 is 17.4 Å². The second-order valence-corrected chi connectivity index (χ2v) is 6.72. The molecular formula is C21H22O7. The molecule has 1 N–H and O–H groups in total. The van der Waals surface area contributed by atoms with Crippen LogP contribution in [0, 0.1) is 0 Å². The molecule has 1 heterocycles. The fourth-order valence-electron chi connectivity index (χ4n) is 3.80. The molecule has 7 heteroatoms. The highest BCUT2D eigenvalue weighted by Crippen LogP contribution is 2.51. The number of benzene rings is 1. The lowest BCUT2D eigenvalue weighted by molar-refractivity contribution is -0.136. The number of ether oxygens (including phenoxy) is 3. The Kier molecular flexibility index (Phi) is 5.27. The fraction of sp³-hybridized carbons (Fsp3) is 0.381. The fourth-order valence-corrected chi connectivity index (χ4v) is 3.80. The highest BCUT2D eigenvalue weighted by Gasteiger charge is 2.55. The smallest absolute Gasteiger partial charge is 0.341 e. The summed E-state index contributed by atoms with van der Waals surface area (Å²) in [4.78, 5) is 37.2. The summed E-state index contributed by atoms with van der Waals surface area (Å²) in [7, 11) is 2.59. The molecule has 1 aromatic rings. The number of carbonyl (C=O) groups excluding carboxylic acids is 3. The van der Waals surface area contributed by atoms with Crippen LogP contribution in [-0.2, 0) is 30.9 Å². The van der Waals surface area contributed by atoms with Crippen molar-refractivity contribution < 1.29 is 33.7 Å². The molecule has 0 radical (unpaired) electrons. The van der Waals surface area contributed by atoms with E-state index in [0.29, 0.717) is 17.5 Å². The van der Waals surface area contributed by atoms with Crippen molar-refractivity contribution in [1.29, 1.82) is 0 Å². The van der Waals surface area contributed by atoms with Gasteiger partial charge in [0.1, 0.15) is 22.8 Å². The zero-order valence-corrected chi connectivity index (χ0v) is 16.0. The summed E-state index contributed by atoms with van der Waals surface area (Å²) < 4.78 is 15.7. The Morgan fingerprint density at radius 3 is 2.64 bits per heavy atom. The molecular weight excluding hydrogens is 364 g/mol. The molecule has 0 amide bonds. The Hall–Kier alpha value is -3.09. The largest absolute Gasteiger partial charge is 0.507 e. The van der Waals surface area contributed by atoms with Crippen molar-refractivity contribution in [3.05, 3.63) is 46.7 Å². The van der Waals surface area contributed by atoms with Gasteiger partial charge >= 0.3 is 11.9 Å². The monoisotopic (exact) mass is 386 g/mol. The number of methoxy groups -OCH3 is 2. The number of aromatic hydroxyl groups is 1. The van der Waals surface area contributed by atoms with E-state index in [1.165, 1.54) is 38.5 Å². The minimum absolute atomic E-state index is 0.00391. The van der Waals surface area contributed by atoms with Gasteiger partial charge in [0.25, 0.3) is 0 Å². The van der Waals surface area contributed by atoms with Gasteiger partial charge in [-0.1, -0.05) is 25.8 Å². The molecule has 3 rings (SSSR count). The lowest BCUT2D eigenvalue weighted by Gasteiger charge is -2.28. The minimum Gasteiger partial charge on any atom is -0.507 e. The first-order valence-corrected chi connectivity index (χ1v) is 9.10. The Labute approximate surface area is 162 Å². The lowest BCUT2D eigenvalue weighted by Crippen LogP contribution is -2.37. The molecule has 2 aliphatic rings. The van der Waals surface area contributed by atoms with Crippen molar-refractivity contribution in [2.45, 2.75) is 38.0 Å². The first-order chi connectivity index (χ1) is 13.4. The SMILES string of the molecule is CCCCCc1c(C(=O)OC)c(O)cc2c1C1(C=CC(=O)C=C1OC)C(=O)O2. The first-order valence-electron chi connectivity index (χ1n) is 9.10. The predicted octanol–water partition coefficient (Wildman–Crippen LogP) is 2.74. The average Bonchev–Trinajstić information content (AvgIpc) is 2.94. The molecule has 1 aromatic carbocycles. The van der Waals surface area contributed by atoms with Crippen LogP contribution in [0.2, 0.25) is 0 Å². The van der Waals surface area contributed by atoms with Crippen molar-refractivity contribution in [2.24, 2.45) is 0 Å². The van der Waals surface area contributed by atoms with Crippen LogP contribution in [0.4, 0.5) is 0 Å². The normalized spacial score (nSPS) is 20.0. The van der Waals surface area contributed by atoms with E-state index in [9.17, 15) is 19.5 Å². The van der Waals surface area contributed by atoms with Crippen molar-refractivity contribution in [1.82, 2.24) is 0 Å². The summed E-state index contributed by atoms with van der Waals surface area (Å²) in [5, 5.41) is 10.4. The van der Waals surface area contributed by atoms with E-state index in [1.54, 1.807) is 0 Å². The van der Waals surface area contributed by atoms with Crippen LogP contribution in [0.1, 0.15) is 47.7 Å². The van der Waals surface area contributed by atoms with Crippen LogP contribution >= 0.6 is 0 Å². The number of phenolic OH excluding ortho intramolecular Hbond substituents is 1. The van der Waals surface area contributed by atoms with Crippen LogP contribution in [-0.4, -0.2) is 37.0 Å². The van der Waals surface area contributed by atoms with Crippen LogP contribution in [0.5, 0.6) is 11.5 Å². The van der Waals surface area contributed by atoms with Gasteiger partial charge < -0.3 is 19.3 Å². The molecule has 1 atom stereocenters. The Morgan fingerprint density at radius 1 is 1.25 bits per heavy atom. The van der Waals surface area contributed by atoms with Gasteiger partial charge in [-0.05, 0) is 24.5 Å². The zero-order chi connectivity index (χ0) is 20.5. The van der Waals surface area contributed by atoms with Crippen molar-refractivity contribution in [2.75, 3.05) is 14.2 Å². The number of phenols is 1. The standard InChI is InChI=1S/C21H22O7/c1-4-5-6-7-13-17(19(24)27-3)14(23)11-15-18(13)21(20(25)28-15)9-8-12(22)10-16(21)26-2/h8-11,23H,4-7H2,1-3H3. The van der Waals surface area contributed by atoms with Gasteiger partial charge in [-0.15, -0.1) is 0 Å². The molecule has 0 saturated heterocycles. The molecule has 1 unspecified atom stereocenters. The topological polar surface area (TPSA) is 99.1 Å². The maximum Gasteiger partial charge on any atom is 0.341 e. The van der Waals surface area contributed by atoms with Crippen molar-refractivity contribution >= 4 is 17.7 Å². The first kappa shape index (κ1) is 19.7. The zero-order valence-electron chi connectivity index (χ0n) is 16.0. The molecule has 0 saturated carbocycles. The summed E-state index contributed by atoms with van der Waals surface area (Å²) in [5.41, 5.74) is -0.613. The number of rotatable bonds is 6. The van der Waals surface area contributed by atoms with Gasteiger partial charge in [-0.3, -0.25) is 4.79 Å². The van der Waals surface area contributed by atoms with Gasteiger partial charge in [0.05, 0.1) is 14.2 Å². The van der Waals surface area contributed by atoms with E-state index >= 15 is 0 Å². The third kappa shape index (κ3) is 2.87. The van der Waals surface area contributed by atoms with Crippen LogP contribution in [0.25, 0.3) is 0 Å².